The lowest BCUT2D eigenvalue weighted by molar-refractivity contribution is -0.122. The number of rotatable bonds is 11. The Bertz CT molecular complexity index is 1720. The molecule has 0 saturated carbocycles. The second-order valence-electron chi connectivity index (χ2n) is 9.68. The first-order valence-corrected chi connectivity index (χ1v) is 14.9. The monoisotopic (exact) mass is 701 g/mol. The summed E-state index contributed by atoms with van der Waals surface area (Å²) in [6.07, 6.45) is 4.80. The molecule has 230 valence electrons. The van der Waals surface area contributed by atoms with E-state index in [-0.39, 0.29) is 30.7 Å². The lowest BCUT2D eigenvalue weighted by Gasteiger charge is -2.21. The summed E-state index contributed by atoms with van der Waals surface area (Å²) in [5, 5.41) is 3.22. The Labute approximate surface area is 273 Å². The summed E-state index contributed by atoms with van der Waals surface area (Å²) in [7, 11) is 4.68. The van der Waals surface area contributed by atoms with Crippen molar-refractivity contribution in [2.45, 2.75) is 13.5 Å². The van der Waals surface area contributed by atoms with E-state index in [2.05, 4.69) is 26.2 Å². The molecule has 2 aromatic heterocycles. The number of fused-ring (bicyclic) bond motifs is 1. The number of ether oxygens (including phenoxy) is 2. The highest BCUT2D eigenvalue weighted by Crippen LogP contribution is 2.35. The van der Waals surface area contributed by atoms with Gasteiger partial charge >= 0.3 is 0 Å². The normalized spacial score (nSPS) is 11.2. The topological polar surface area (TPSA) is 105 Å². The van der Waals surface area contributed by atoms with Crippen molar-refractivity contribution in [1.29, 1.82) is 0 Å². The Morgan fingerprint density at radius 2 is 1.77 bits per heavy atom. The Hall–Kier alpha value is -3.90. The van der Waals surface area contributed by atoms with Crippen LogP contribution in [0.15, 0.2) is 65.4 Å². The van der Waals surface area contributed by atoms with E-state index in [0.717, 1.165) is 15.9 Å². The van der Waals surface area contributed by atoms with Gasteiger partial charge in [0.15, 0.2) is 11.4 Å². The molecule has 0 aliphatic heterocycles. The van der Waals surface area contributed by atoms with Gasteiger partial charge in [-0.25, -0.2) is 4.98 Å². The third kappa shape index (κ3) is 7.59. The molecule has 0 aliphatic rings. The number of aryl methyl sites for hydroxylation is 1. The lowest BCUT2D eigenvalue weighted by atomic mass is 10.2. The number of hydrogen-bond acceptors (Lipinski definition) is 6. The first-order chi connectivity index (χ1) is 21.0. The van der Waals surface area contributed by atoms with Crippen LogP contribution in [0.25, 0.3) is 11.7 Å². The number of anilines is 2. The molecule has 0 unspecified atom stereocenters. The van der Waals surface area contributed by atoms with Crippen molar-refractivity contribution in [3.05, 3.63) is 92.3 Å². The molecule has 4 rings (SSSR count). The van der Waals surface area contributed by atoms with Crippen LogP contribution < -0.4 is 19.9 Å². The maximum absolute atomic E-state index is 12.9. The minimum Gasteiger partial charge on any atom is -0.485 e. The van der Waals surface area contributed by atoms with Gasteiger partial charge in [0.25, 0.3) is 5.91 Å². The van der Waals surface area contributed by atoms with Gasteiger partial charge in [-0.1, -0.05) is 35.3 Å². The van der Waals surface area contributed by atoms with Crippen molar-refractivity contribution in [1.82, 2.24) is 14.7 Å². The second kappa shape index (κ2) is 14.7. The third-order valence-electron chi connectivity index (χ3n) is 6.75. The van der Waals surface area contributed by atoms with Gasteiger partial charge in [-0.05, 0) is 70.9 Å². The smallest absolute Gasteiger partial charge is 0.252 e. The number of aromatic nitrogens is 2. The highest BCUT2D eigenvalue weighted by atomic mass is 79.9. The van der Waals surface area contributed by atoms with Gasteiger partial charge in [0.1, 0.15) is 17.8 Å². The summed E-state index contributed by atoms with van der Waals surface area (Å²) in [5.74, 6) is -0.478. The van der Waals surface area contributed by atoms with Crippen LogP contribution in [0.2, 0.25) is 10.0 Å². The molecule has 0 bridgehead atoms. The number of nitrogens with zero attached hydrogens (tertiary/aromatic N) is 4. The van der Waals surface area contributed by atoms with Gasteiger partial charge in [0.2, 0.25) is 11.8 Å². The van der Waals surface area contributed by atoms with Gasteiger partial charge < -0.3 is 24.6 Å². The molecule has 4 aromatic rings. The molecule has 10 nitrogen and oxygen atoms in total. The van der Waals surface area contributed by atoms with Gasteiger partial charge in [-0.3, -0.25) is 18.8 Å². The van der Waals surface area contributed by atoms with Gasteiger partial charge in [-0.2, -0.15) is 0 Å². The Morgan fingerprint density at radius 3 is 2.48 bits per heavy atom. The molecule has 0 fully saturated rings. The van der Waals surface area contributed by atoms with Crippen molar-refractivity contribution >= 4 is 80.0 Å². The minimum atomic E-state index is -0.449. The van der Waals surface area contributed by atoms with E-state index in [9.17, 15) is 14.4 Å². The van der Waals surface area contributed by atoms with Gasteiger partial charge in [-0.15, -0.1) is 0 Å². The number of nitrogens with one attached hydrogen (secondary N) is 1. The maximum Gasteiger partial charge on any atom is 0.252 e. The fourth-order valence-electron chi connectivity index (χ4n) is 4.19. The number of pyridine rings is 1. The molecule has 3 amide bonds. The first kappa shape index (κ1) is 33.0. The predicted molar refractivity (Wildman–Crippen MR) is 176 cm³/mol. The van der Waals surface area contributed by atoms with E-state index < -0.39 is 11.8 Å². The van der Waals surface area contributed by atoms with Crippen molar-refractivity contribution in [3.8, 4) is 5.75 Å². The molecule has 2 heterocycles. The molecule has 1 N–H and O–H groups in total. The highest BCUT2D eigenvalue weighted by molar-refractivity contribution is 9.10. The van der Waals surface area contributed by atoms with E-state index >= 15 is 0 Å². The zero-order valence-electron chi connectivity index (χ0n) is 24.4. The van der Waals surface area contributed by atoms with Crippen molar-refractivity contribution in [2.75, 3.05) is 44.2 Å². The molecule has 0 saturated heterocycles. The molecular formula is C31H30BrCl2N5O5. The number of halogens is 3. The van der Waals surface area contributed by atoms with E-state index in [1.807, 2.05) is 23.6 Å². The summed E-state index contributed by atoms with van der Waals surface area (Å²) >= 11 is 16.7. The standard InChI is InChI=1S/C31H30BrCl2N5O5/c1-19-30(32)39-15-5-6-25(31(39)36-19)44-17-22-23(33)12-13-24(29(22)34)38(3)27(41)16-35-26(40)14-9-20-7-10-21(11-8-20)37(2)28(42)18-43-4/h5-15H,16-18H2,1-4H3,(H,35,40)/b14-9+. The third-order valence-corrected chi connectivity index (χ3v) is 8.48. The maximum atomic E-state index is 12.9. The van der Waals surface area contributed by atoms with Crippen molar-refractivity contribution < 1.29 is 23.9 Å². The SMILES string of the molecule is COCC(=O)N(C)c1ccc(/C=C/C(=O)NCC(=O)N(C)c2ccc(Cl)c(COc3cccn4c(Br)c(C)nc34)c2Cl)cc1. The molecule has 2 aromatic carbocycles. The number of carbonyl (C=O) groups excluding carboxylic acids is 3. The molecule has 0 spiro atoms. The van der Waals surface area contributed by atoms with Crippen LogP contribution in [0.3, 0.4) is 0 Å². The number of hydrogen-bond donors (Lipinski definition) is 1. The predicted octanol–water partition coefficient (Wildman–Crippen LogP) is 5.69. The largest absolute Gasteiger partial charge is 0.485 e. The minimum absolute atomic E-state index is 0.0196. The van der Waals surface area contributed by atoms with Crippen LogP contribution in [-0.2, 0) is 25.7 Å². The van der Waals surface area contributed by atoms with Crippen molar-refractivity contribution in [3.63, 3.8) is 0 Å². The summed E-state index contributed by atoms with van der Waals surface area (Å²) < 4.78 is 13.6. The van der Waals surface area contributed by atoms with Crippen molar-refractivity contribution in [2.24, 2.45) is 0 Å². The Kier molecular flexibility index (Phi) is 11.0. The number of likely N-dealkylation sites (N-methyl/N-ethyl adjacent to an activating group) is 2. The molecule has 13 heteroatoms. The number of carbonyl (C=O) groups is 3. The van der Waals surface area contributed by atoms with E-state index in [0.29, 0.717) is 33.4 Å². The quantitative estimate of drug-likeness (QED) is 0.201. The van der Waals surface area contributed by atoms with Crippen LogP contribution in [0.4, 0.5) is 11.4 Å². The average molecular weight is 703 g/mol. The second-order valence-corrected chi connectivity index (χ2v) is 11.2. The van der Waals surface area contributed by atoms with Crippen LogP contribution in [0.1, 0.15) is 16.8 Å². The molecule has 0 atom stereocenters. The zero-order chi connectivity index (χ0) is 32.0. The molecule has 0 radical (unpaired) electrons. The highest BCUT2D eigenvalue weighted by Gasteiger charge is 2.20. The molecular weight excluding hydrogens is 673 g/mol. The fourth-order valence-corrected chi connectivity index (χ4v) is 5.17. The summed E-state index contributed by atoms with van der Waals surface area (Å²) in [5.41, 5.74) is 3.80. The van der Waals surface area contributed by atoms with E-state index in [1.54, 1.807) is 62.6 Å². The van der Waals surface area contributed by atoms with Crippen LogP contribution >= 0.6 is 39.1 Å². The van der Waals surface area contributed by atoms with Crippen LogP contribution in [-0.4, -0.2) is 61.5 Å². The summed E-state index contributed by atoms with van der Waals surface area (Å²) in [6, 6.07) is 14.0. The van der Waals surface area contributed by atoms with E-state index in [1.165, 1.54) is 23.0 Å². The number of imidazole rings is 1. The average Bonchev–Trinajstić information content (AvgIpc) is 3.31. The Balaban J connectivity index is 1.36. The van der Waals surface area contributed by atoms with E-state index in [4.69, 9.17) is 32.7 Å². The zero-order valence-corrected chi connectivity index (χ0v) is 27.5. The van der Waals surface area contributed by atoms with Crippen LogP contribution in [0, 0.1) is 6.92 Å². The van der Waals surface area contributed by atoms with Crippen LogP contribution in [0.5, 0.6) is 5.75 Å². The number of amides is 3. The Morgan fingerprint density at radius 1 is 1.05 bits per heavy atom. The fraction of sp³-hybridized carbons (Fsp3) is 0.226. The molecule has 44 heavy (non-hydrogen) atoms. The number of methoxy groups -OCH3 is 1. The summed E-state index contributed by atoms with van der Waals surface area (Å²) in [4.78, 5) is 44.7. The molecule has 0 aliphatic carbocycles. The van der Waals surface area contributed by atoms with Gasteiger partial charge in [0, 0.05) is 49.8 Å². The number of benzene rings is 2. The lowest BCUT2D eigenvalue weighted by Crippen LogP contribution is -2.37. The first-order valence-electron chi connectivity index (χ1n) is 13.3. The van der Waals surface area contributed by atoms with Gasteiger partial charge in [0.05, 0.1) is 22.9 Å². The summed E-state index contributed by atoms with van der Waals surface area (Å²) in [6.45, 7) is 1.65.